The van der Waals surface area contributed by atoms with Crippen LogP contribution in [0.25, 0.3) is 10.8 Å². The number of carboxylic acids is 1. The molecule has 2 aliphatic rings. The summed E-state index contributed by atoms with van der Waals surface area (Å²) in [6, 6.07) is 8.54. The number of piperidine rings is 1. The fourth-order valence-corrected chi connectivity index (χ4v) is 5.33. The molecule has 186 valence electrons. The summed E-state index contributed by atoms with van der Waals surface area (Å²) in [7, 11) is 0. The van der Waals surface area contributed by atoms with E-state index in [1.54, 1.807) is 18.2 Å². The van der Waals surface area contributed by atoms with Gasteiger partial charge in [-0.2, -0.15) is 13.2 Å². The lowest BCUT2D eigenvalue weighted by molar-refractivity contribution is -0.143. The lowest BCUT2D eigenvalue weighted by atomic mass is 9.89. The molecule has 0 radical (unpaired) electrons. The molecule has 2 aromatic carbocycles. The SMILES string of the molecule is C[C@H]1CC[C@@H](Oc2ccc3ccc(CCCN4CCC(C(=O)O)CC4)cc3c2C(F)(F)F)CC1. The number of aryl methyl sites for hydroxylation is 1. The number of benzene rings is 2. The van der Waals surface area contributed by atoms with Crippen molar-refractivity contribution in [1.29, 1.82) is 0 Å². The van der Waals surface area contributed by atoms with E-state index >= 15 is 0 Å². The molecule has 0 atom stereocenters. The molecule has 0 bridgehead atoms. The third kappa shape index (κ3) is 6.04. The average molecular weight is 478 g/mol. The topological polar surface area (TPSA) is 49.8 Å². The van der Waals surface area contributed by atoms with Crippen LogP contribution in [0.5, 0.6) is 5.75 Å². The second kappa shape index (κ2) is 10.5. The number of aliphatic carboxylic acids is 1. The first-order chi connectivity index (χ1) is 16.2. The zero-order chi connectivity index (χ0) is 24.3. The van der Waals surface area contributed by atoms with Gasteiger partial charge in [-0.1, -0.05) is 31.2 Å². The van der Waals surface area contributed by atoms with Crippen molar-refractivity contribution >= 4 is 16.7 Å². The summed E-state index contributed by atoms with van der Waals surface area (Å²) in [5, 5.41) is 9.90. The van der Waals surface area contributed by atoms with Crippen LogP contribution in [-0.4, -0.2) is 41.7 Å². The second-order valence-electron chi connectivity index (χ2n) is 10.0. The molecule has 0 aromatic heterocycles. The van der Waals surface area contributed by atoms with Crippen molar-refractivity contribution in [1.82, 2.24) is 4.90 Å². The maximum Gasteiger partial charge on any atom is 0.420 e. The third-order valence-electron chi connectivity index (χ3n) is 7.46. The molecular weight excluding hydrogens is 443 g/mol. The van der Waals surface area contributed by atoms with E-state index in [-0.39, 0.29) is 23.2 Å². The molecule has 1 saturated carbocycles. The number of rotatable bonds is 7. The van der Waals surface area contributed by atoms with Crippen molar-refractivity contribution in [2.45, 2.75) is 70.6 Å². The Bertz CT molecular complexity index is 991. The molecule has 34 heavy (non-hydrogen) atoms. The van der Waals surface area contributed by atoms with Crippen LogP contribution >= 0.6 is 0 Å². The summed E-state index contributed by atoms with van der Waals surface area (Å²) >= 11 is 0. The van der Waals surface area contributed by atoms with E-state index in [1.165, 1.54) is 6.07 Å². The molecule has 4 rings (SSSR count). The van der Waals surface area contributed by atoms with Gasteiger partial charge in [-0.05, 0) is 99.3 Å². The number of ether oxygens (including phenoxy) is 1. The summed E-state index contributed by atoms with van der Waals surface area (Å²) < 4.78 is 48.5. The van der Waals surface area contributed by atoms with E-state index in [0.717, 1.165) is 57.3 Å². The van der Waals surface area contributed by atoms with E-state index in [9.17, 15) is 18.0 Å². The molecule has 7 heteroatoms. The minimum Gasteiger partial charge on any atom is -0.490 e. The van der Waals surface area contributed by atoms with Crippen LogP contribution in [-0.2, 0) is 17.4 Å². The Labute approximate surface area is 199 Å². The molecule has 0 spiro atoms. The normalized spacial score (nSPS) is 22.7. The van der Waals surface area contributed by atoms with E-state index in [2.05, 4.69) is 11.8 Å². The van der Waals surface area contributed by atoms with Crippen molar-refractivity contribution in [3.63, 3.8) is 0 Å². The highest BCUT2D eigenvalue weighted by Gasteiger charge is 2.37. The Kier molecular flexibility index (Phi) is 7.70. The van der Waals surface area contributed by atoms with Gasteiger partial charge in [-0.25, -0.2) is 0 Å². The smallest absolute Gasteiger partial charge is 0.420 e. The highest BCUT2D eigenvalue weighted by molar-refractivity contribution is 5.89. The van der Waals surface area contributed by atoms with E-state index < -0.39 is 17.7 Å². The quantitative estimate of drug-likeness (QED) is 0.492. The van der Waals surface area contributed by atoms with Crippen LogP contribution in [0.4, 0.5) is 13.2 Å². The monoisotopic (exact) mass is 477 g/mol. The van der Waals surface area contributed by atoms with Crippen LogP contribution in [0, 0.1) is 11.8 Å². The van der Waals surface area contributed by atoms with Gasteiger partial charge in [-0.15, -0.1) is 0 Å². The maximum absolute atomic E-state index is 14.2. The van der Waals surface area contributed by atoms with Gasteiger partial charge in [0, 0.05) is 0 Å². The number of nitrogens with zero attached hydrogens (tertiary/aromatic N) is 1. The molecule has 0 amide bonds. The summed E-state index contributed by atoms with van der Waals surface area (Å²) in [6.07, 6.45) is 1.70. The van der Waals surface area contributed by atoms with Crippen molar-refractivity contribution in [3.05, 3.63) is 41.5 Å². The van der Waals surface area contributed by atoms with Crippen LogP contribution in [0.15, 0.2) is 30.3 Å². The number of fused-ring (bicyclic) bond motifs is 1. The van der Waals surface area contributed by atoms with Crippen molar-refractivity contribution < 1.29 is 27.8 Å². The lowest BCUT2D eigenvalue weighted by Crippen LogP contribution is -2.36. The number of carbonyl (C=O) groups is 1. The van der Waals surface area contributed by atoms with Gasteiger partial charge in [0.2, 0.25) is 0 Å². The summed E-state index contributed by atoms with van der Waals surface area (Å²) in [5.74, 6) is -0.439. The predicted molar refractivity (Wildman–Crippen MR) is 126 cm³/mol. The van der Waals surface area contributed by atoms with Gasteiger partial charge in [-0.3, -0.25) is 4.79 Å². The molecule has 1 aliphatic heterocycles. The highest BCUT2D eigenvalue weighted by Crippen LogP contribution is 2.43. The second-order valence-corrected chi connectivity index (χ2v) is 10.0. The Morgan fingerprint density at radius 2 is 1.74 bits per heavy atom. The number of alkyl halides is 3. The maximum atomic E-state index is 14.2. The minimum atomic E-state index is -4.50. The first-order valence-corrected chi connectivity index (χ1v) is 12.5. The van der Waals surface area contributed by atoms with Gasteiger partial charge in [0.05, 0.1) is 12.0 Å². The molecule has 1 aliphatic carbocycles. The molecule has 1 N–H and O–H groups in total. The molecule has 2 fully saturated rings. The fourth-order valence-electron chi connectivity index (χ4n) is 5.33. The predicted octanol–water partition coefficient (Wildman–Crippen LogP) is 6.55. The van der Waals surface area contributed by atoms with E-state index in [0.29, 0.717) is 30.6 Å². The Morgan fingerprint density at radius 3 is 2.38 bits per heavy atom. The first kappa shape index (κ1) is 24.8. The van der Waals surface area contributed by atoms with Gasteiger partial charge in [0.1, 0.15) is 11.3 Å². The molecule has 4 nitrogen and oxygen atoms in total. The van der Waals surface area contributed by atoms with Crippen LogP contribution in [0.3, 0.4) is 0 Å². The standard InChI is InChI=1S/C27H34F3NO3/c1-18-4-9-22(10-5-18)34-24-11-8-20-7-6-19(17-23(20)25(24)27(28,29)30)3-2-14-31-15-12-21(13-16-31)26(32)33/h6-8,11,17-18,21-22H,2-5,9-10,12-16H2,1H3,(H,32,33)/t18-,22+. The van der Waals surface area contributed by atoms with Gasteiger partial charge in [0.25, 0.3) is 0 Å². The largest absolute Gasteiger partial charge is 0.490 e. The first-order valence-electron chi connectivity index (χ1n) is 12.5. The zero-order valence-corrected chi connectivity index (χ0v) is 19.7. The number of halogens is 3. The minimum absolute atomic E-state index is 0.0574. The fraction of sp³-hybridized carbons (Fsp3) is 0.593. The zero-order valence-electron chi connectivity index (χ0n) is 19.7. The number of hydrogen-bond donors (Lipinski definition) is 1. The van der Waals surface area contributed by atoms with E-state index in [1.807, 2.05) is 6.07 Å². The van der Waals surface area contributed by atoms with Crippen molar-refractivity contribution in [3.8, 4) is 5.75 Å². The Morgan fingerprint density at radius 1 is 1.06 bits per heavy atom. The highest BCUT2D eigenvalue weighted by atomic mass is 19.4. The summed E-state index contributed by atoms with van der Waals surface area (Å²) in [5.41, 5.74) is 0.211. The van der Waals surface area contributed by atoms with Gasteiger partial charge >= 0.3 is 12.1 Å². The average Bonchev–Trinajstić information content (AvgIpc) is 2.80. The van der Waals surface area contributed by atoms with Crippen molar-refractivity contribution in [2.24, 2.45) is 11.8 Å². The Hall–Kier alpha value is -2.28. The van der Waals surface area contributed by atoms with Crippen LogP contribution in [0.2, 0.25) is 0 Å². The lowest BCUT2D eigenvalue weighted by Gasteiger charge is -2.30. The molecular formula is C27H34F3NO3. The van der Waals surface area contributed by atoms with Crippen LogP contribution < -0.4 is 4.74 Å². The Balaban J connectivity index is 1.46. The summed E-state index contributed by atoms with van der Waals surface area (Å²) in [4.78, 5) is 13.4. The number of carboxylic acid groups (broad SMARTS) is 1. The number of hydrogen-bond acceptors (Lipinski definition) is 3. The molecule has 1 saturated heterocycles. The third-order valence-corrected chi connectivity index (χ3v) is 7.46. The molecule has 2 aromatic rings. The van der Waals surface area contributed by atoms with Crippen molar-refractivity contribution in [2.75, 3.05) is 19.6 Å². The summed E-state index contributed by atoms with van der Waals surface area (Å²) in [6.45, 7) is 4.51. The van der Waals surface area contributed by atoms with Gasteiger partial charge < -0.3 is 14.7 Å². The molecule has 1 heterocycles. The van der Waals surface area contributed by atoms with E-state index in [4.69, 9.17) is 9.84 Å². The van der Waals surface area contributed by atoms with Crippen LogP contribution in [0.1, 0.15) is 63.0 Å². The van der Waals surface area contributed by atoms with Gasteiger partial charge in [0.15, 0.2) is 0 Å². The number of likely N-dealkylation sites (tertiary alicyclic amines) is 1. The molecule has 0 unspecified atom stereocenters.